The molecule has 2 N–H and O–H groups in total. The maximum atomic E-state index is 12.6. The van der Waals surface area contributed by atoms with Crippen LogP contribution in [0.4, 0.5) is 19.0 Å². The highest BCUT2D eigenvalue weighted by Gasteiger charge is 2.31. The molecule has 7 nitrogen and oxygen atoms in total. The predicted molar refractivity (Wildman–Crippen MR) is 106 cm³/mol. The fraction of sp³-hybridized carbons (Fsp3) is 0.389. The SMILES string of the molecule is COCCOc1ccc(S(=O)(=O)NCCNc2ncc(C(F)(F)F)cc2Cl)cc1C. The van der Waals surface area contributed by atoms with Crippen LogP contribution in [0.5, 0.6) is 5.75 Å². The van der Waals surface area contributed by atoms with E-state index in [-0.39, 0.29) is 28.8 Å². The Morgan fingerprint density at radius 3 is 2.50 bits per heavy atom. The minimum absolute atomic E-state index is 0.0252. The topological polar surface area (TPSA) is 89.5 Å². The number of sulfonamides is 1. The lowest BCUT2D eigenvalue weighted by Gasteiger charge is -2.13. The molecule has 0 fully saturated rings. The summed E-state index contributed by atoms with van der Waals surface area (Å²) >= 11 is 5.79. The molecule has 2 rings (SSSR count). The van der Waals surface area contributed by atoms with Crippen molar-refractivity contribution in [3.05, 3.63) is 46.6 Å². The number of rotatable bonds is 10. The highest BCUT2D eigenvalue weighted by Crippen LogP contribution is 2.32. The van der Waals surface area contributed by atoms with Crippen LogP contribution in [0, 0.1) is 6.92 Å². The summed E-state index contributed by atoms with van der Waals surface area (Å²) in [5.41, 5.74) is -0.323. The van der Waals surface area contributed by atoms with Crippen molar-refractivity contribution in [1.29, 1.82) is 0 Å². The van der Waals surface area contributed by atoms with E-state index >= 15 is 0 Å². The van der Waals surface area contributed by atoms with E-state index in [9.17, 15) is 21.6 Å². The molecule has 0 saturated carbocycles. The van der Waals surface area contributed by atoms with Crippen LogP contribution in [0.3, 0.4) is 0 Å². The van der Waals surface area contributed by atoms with Gasteiger partial charge < -0.3 is 14.8 Å². The molecule has 0 aliphatic rings. The van der Waals surface area contributed by atoms with Crippen LogP contribution in [0.25, 0.3) is 0 Å². The third-order valence-corrected chi connectivity index (χ3v) is 5.63. The van der Waals surface area contributed by atoms with Gasteiger partial charge in [-0.05, 0) is 36.8 Å². The van der Waals surface area contributed by atoms with Crippen LogP contribution in [0.15, 0.2) is 35.4 Å². The van der Waals surface area contributed by atoms with Gasteiger partial charge in [-0.25, -0.2) is 18.1 Å². The number of anilines is 1. The fourth-order valence-electron chi connectivity index (χ4n) is 2.36. The Hall–Kier alpha value is -2.08. The second-order valence-corrected chi connectivity index (χ2v) is 8.32. The van der Waals surface area contributed by atoms with E-state index in [1.54, 1.807) is 20.1 Å². The molecular weight excluding hydrogens is 447 g/mol. The molecule has 0 radical (unpaired) electrons. The maximum absolute atomic E-state index is 12.6. The predicted octanol–water partition coefficient (Wildman–Crippen LogP) is 3.48. The Kier molecular flexibility index (Phi) is 8.30. The number of alkyl halides is 3. The molecule has 1 aromatic carbocycles. The fourth-order valence-corrected chi connectivity index (χ4v) is 3.71. The number of nitrogens with one attached hydrogen (secondary N) is 2. The Morgan fingerprint density at radius 1 is 1.17 bits per heavy atom. The lowest BCUT2D eigenvalue weighted by Crippen LogP contribution is -2.29. The molecular formula is C18H21ClF3N3O4S. The van der Waals surface area contributed by atoms with Gasteiger partial charge in [0.25, 0.3) is 0 Å². The number of hydrogen-bond donors (Lipinski definition) is 2. The second kappa shape index (κ2) is 10.3. The third kappa shape index (κ3) is 6.73. The Morgan fingerprint density at radius 2 is 1.90 bits per heavy atom. The molecule has 0 saturated heterocycles. The number of hydrogen-bond acceptors (Lipinski definition) is 6. The van der Waals surface area contributed by atoms with Crippen LogP contribution in [0.1, 0.15) is 11.1 Å². The molecule has 0 aliphatic carbocycles. The molecule has 2 aromatic rings. The summed E-state index contributed by atoms with van der Waals surface area (Å²) in [5.74, 6) is 0.577. The van der Waals surface area contributed by atoms with Crippen molar-refractivity contribution in [3.63, 3.8) is 0 Å². The molecule has 0 amide bonds. The van der Waals surface area contributed by atoms with Gasteiger partial charge in [-0.15, -0.1) is 0 Å². The van der Waals surface area contributed by atoms with Crippen molar-refractivity contribution >= 4 is 27.4 Å². The number of pyridine rings is 1. The van der Waals surface area contributed by atoms with Gasteiger partial charge >= 0.3 is 6.18 Å². The summed E-state index contributed by atoms with van der Waals surface area (Å²) in [6.45, 7) is 2.50. The smallest absolute Gasteiger partial charge is 0.417 e. The quantitative estimate of drug-likeness (QED) is 0.520. The minimum atomic E-state index is -4.55. The molecule has 0 unspecified atom stereocenters. The molecule has 0 spiro atoms. The van der Waals surface area contributed by atoms with Gasteiger partial charge in [0.1, 0.15) is 18.2 Å². The summed E-state index contributed by atoms with van der Waals surface area (Å²) in [6, 6.07) is 5.20. The lowest BCUT2D eigenvalue weighted by molar-refractivity contribution is -0.137. The minimum Gasteiger partial charge on any atom is -0.491 e. The number of aromatic nitrogens is 1. The van der Waals surface area contributed by atoms with E-state index in [0.717, 1.165) is 6.07 Å². The molecule has 166 valence electrons. The highest BCUT2D eigenvalue weighted by atomic mass is 35.5. The second-order valence-electron chi connectivity index (χ2n) is 6.15. The molecule has 0 aliphatic heterocycles. The Balaban J connectivity index is 1.92. The van der Waals surface area contributed by atoms with Gasteiger partial charge in [-0.1, -0.05) is 11.6 Å². The number of benzene rings is 1. The molecule has 30 heavy (non-hydrogen) atoms. The van der Waals surface area contributed by atoms with Crippen molar-refractivity contribution in [1.82, 2.24) is 9.71 Å². The number of methoxy groups -OCH3 is 1. The van der Waals surface area contributed by atoms with Crippen LogP contribution >= 0.6 is 11.6 Å². The lowest BCUT2D eigenvalue weighted by atomic mass is 10.2. The zero-order chi connectivity index (χ0) is 22.4. The van der Waals surface area contributed by atoms with Crippen LogP contribution in [-0.2, 0) is 20.9 Å². The van der Waals surface area contributed by atoms with E-state index in [1.807, 2.05) is 0 Å². The number of nitrogens with zero attached hydrogens (tertiary/aromatic N) is 1. The first-order chi connectivity index (χ1) is 14.0. The van der Waals surface area contributed by atoms with Crippen molar-refractivity contribution in [3.8, 4) is 5.75 Å². The zero-order valence-corrected chi connectivity index (χ0v) is 17.8. The first-order valence-electron chi connectivity index (χ1n) is 8.73. The highest BCUT2D eigenvalue weighted by molar-refractivity contribution is 7.89. The number of halogens is 4. The van der Waals surface area contributed by atoms with E-state index < -0.39 is 21.8 Å². The Bertz CT molecular complexity index is 972. The van der Waals surface area contributed by atoms with Gasteiger partial charge in [-0.2, -0.15) is 13.2 Å². The average molecular weight is 468 g/mol. The van der Waals surface area contributed by atoms with Gasteiger partial charge in [0, 0.05) is 26.4 Å². The standard InChI is InChI=1S/C18H21ClF3N3O4S/c1-12-9-14(3-4-16(12)29-8-7-28-2)30(26,27)25-6-5-23-17-15(19)10-13(11-24-17)18(20,21)22/h3-4,9-11,25H,5-8H2,1-2H3,(H,23,24). The van der Waals surface area contributed by atoms with Crippen molar-refractivity contribution in [2.24, 2.45) is 0 Å². The third-order valence-electron chi connectivity index (χ3n) is 3.88. The van der Waals surface area contributed by atoms with Gasteiger partial charge in [0.15, 0.2) is 0 Å². The summed E-state index contributed by atoms with van der Waals surface area (Å²) in [5, 5.41) is 2.48. The molecule has 0 bridgehead atoms. The van der Waals surface area contributed by atoms with Gasteiger partial charge in [0.05, 0.1) is 22.1 Å². The monoisotopic (exact) mass is 467 g/mol. The summed E-state index contributed by atoms with van der Waals surface area (Å²) in [7, 11) is -2.24. The van der Waals surface area contributed by atoms with Gasteiger partial charge in [0.2, 0.25) is 10.0 Å². The summed E-state index contributed by atoms with van der Waals surface area (Å²) in [4.78, 5) is 3.69. The molecule has 1 heterocycles. The first kappa shape index (κ1) is 24.2. The van der Waals surface area contributed by atoms with E-state index in [4.69, 9.17) is 21.1 Å². The van der Waals surface area contributed by atoms with E-state index in [1.165, 1.54) is 12.1 Å². The van der Waals surface area contributed by atoms with E-state index in [0.29, 0.717) is 30.7 Å². The number of aryl methyl sites for hydroxylation is 1. The average Bonchev–Trinajstić information content (AvgIpc) is 2.66. The Labute approximate surface area is 177 Å². The molecule has 0 atom stereocenters. The summed E-state index contributed by atoms with van der Waals surface area (Å²) in [6.07, 6.45) is -3.90. The normalized spacial score (nSPS) is 12.1. The van der Waals surface area contributed by atoms with Crippen molar-refractivity contribution < 1.29 is 31.1 Å². The first-order valence-corrected chi connectivity index (χ1v) is 10.6. The maximum Gasteiger partial charge on any atom is 0.417 e. The molecule has 12 heteroatoms. The largest absolute Gasteiger partial charge is 0.491 e. The molecule has 1 aromatic heterocycles. The van der Waals surface area contributed by atoms with Crippen LogP contribution in [0.2, 0.25) is 5.02 Å². The van der Waals surface area contributed by atoms with Crippen LogP contribution in [-0.4, -0.2) is 46.8 Å². The zero-order valence-electron chi connectivity index (χ0n) is 16.2. The van der Waals surface area contributed by atoms with Crippen molar-refractivity contribution in [2.75, 3.05) is 38.7 Å². The van der Waals surface area contributed by atoms with Crippen molar-refractivity contribution in [2.45, 2.75) is 18.0 Å². The van der Waals surface area contributed by atoms with Gasteiger partial charge in [-0.3, -0.25) is 0 Å². The van der Waals surface area contributed by atoms with Crippen LogP contribution < -0.4 is 14.8 Å². The number of ether oxygens (including phenoxy) is 2. The summed E-state index contributed by atoms with van der Waals surface area (Å²) < 4.78 is 75.5. The van der Waals surface area contributed by atoms with E-state index in [2.05, 4.69) is 15.0 Å².